The maximum Gasteiger partial charge on any atom is 0.138 e. The van der Waals surface area contributed by atoms with Gasteiger partial charge in [0.05, 0.1) is 0 Å². The molecule has 0 saturated carbocycles. The molecular formula is C11H20N4. The molecule has 1 aliphatic heterocycles. The van der Waals surface area contributed by atoms with Crippen molar-refractivity contribution < 1.29 is 0 Å². The maximum atomic E-state index is 4.32. The molecule has 0 radical (unpaired) electrons. The molecule has 1 aromatic heterocycles. The molecule has 1 aliphatic rings. The van der Waals surface area contributed by atoms with Gasteiger partial charge in [0.2, 0.25) is 0 Å². The van der Waals surface area contributed by atoms with Crippen LogP contribution in [0.1, 0.15) is 32.5 Å². The first-order valence-electron chi connectivity index (χ1n) is 5.89. The van der Waals surface area contributed by atoms with Gasteiger partial charge in [-0.3, -0.25) is 4.68 Å². The largest absolute Gasteiger partial charge is 0.314 e. The number of rotatable bonds is 3. The van der Waals surface area contributed by atoms with Gasteiger partial charge >= 0.3 is 0 Å². The Labute approximate surface area is 91.1 Å². The van der Waals surface area contributed by atoms with Crippen molar-refractivity contribution in [3.05, 3.63) is 12.2 Å². The zero-order chi connectivity index (χ0) is 10.7. The average molecular weight is 208 g/mol. The summed E-state index contributed by atoms with van der Waals surface area (Å²) in [6, 6.07) is 0.586. The van der Waals surface area contributed by atoms with E-state index in [0.717, 1.165) is 31.3 Å². The Hall–Kier alpha value is -0.900. The second kappa shape index (κ2) is 4.75. The Morgan fingerprint density at radius 3 is 3.20 bits per heavy atom. The molecule has 0 aromatic carbocycles. The van der Waals surface area contributed by atoms with Crippen molar-refractivity contribution in [2.75, 3.05) is 6.54 Å². The van der Waals surface area contributed by atoms with Crippen molar-refractivity contribution in [1.82, 2.24) is 20.1 Å². The normalized spacial score (nSPS) is 26.8. The lowest BCUT2D eigenvalue weighted by Gasteiger charge is -2.27. The molecule has 2 unspecified atom stereocenters. The number of aryl methyl sites for hydroxylation is 1. The standard InChI is InChI=1S/C11H20N4/c1-3-15-11(13-8-14-15)7-10-6-9(2)4-5-12-10/h8-10,12H,3-7H2,1-2H3. The molecule has 1 saturated heterocycles. The Bertz CT molecular complexity index is 307. The molecule has 0 spiro atoms. The van der Waals surface area contributed by atoms with Gasteiger partial charge in [0, 0.05) is 19.0 Å². The lowest BCUT2D eigenvalue weighted by molar-refractivity contribution is 0.313. The van der Waals surface area contributed by atoms with Crippen molar-refractivity contribution in [3.8, 4) is 0 Å². The molecule has 84 valence electrons. The molecule has 1 fully saturated rings. The summed E-state index contributed by atoms with van der Waals surface area (Å²) in [5, 5.41) is 7.75. The minimum absolute atomic E-state index is 0.586. The van der Waals surface area contributed by atoms with Crippen molar-refractivity contribution in [2.24, 2.45) is 5.92 Å². The van der Waals surface area contributed by atoms with Crippen LogP contribution in [0.2, 0.25) is 0 Å². The fourth-order valence-corrected chi connectivity index (χ4v) is 2.31. The van der Waals surface area contributed by atoms with Gasteiger partial charge in [-0.1, -0.05) is 6.92 Å². The zero-order valence-corrected chi connectivity index (χ0v) is 9.61. The van der Waals surface area contributed by atoms with Crippen LogP contribution < -0.4 is 5.32 Å². The zero-order valence-electron chi connectivity index (χ0n) is 9.61. The third-order valence-electron chi connectivity index (χ3n) is 3.18. The smallest absolute Gasteiger partial charge is 0.138 e. The topological polar surface area (TPSA) is 42.7 Å². The van der Waals surface area contributed by atoms with Gasteiger partial charge in [-0.2, -0.15) is 5.10 Å². The van der Waals surface area contributed by atoms with Gasteiger partial charge in [0.25, 0.3) is 0 Å². The minimum atomic E-state index is 0.586. The summed E-state index contributed by atoms with van der Waals surface area (Å²) in [5.74, 6) is 1.96. The lowest BCUT2D eigenvalue weighted by atomic mass is 9.92. The first-order valence-corrected chi connectivity index (χ1v) is 5.89. The van der Waals surface area contributed by atoms with E-state index in [4.69, 9.17) is 0 Å². The van der Waals surface area contributed by atoms with Crippen molar-refractivity contribution >= 4 is 0 Å². The van der Waals surface area contributed by atoms with E-state index in [1.807, 2.05) is 4.68 Å². The molecule has 15 heavy (non-hydrogen) atoms. The molecule has 2 heterocycles. The molecule has 4 heteroatoms. The monoisotopic (exact) mass is 208 g/mol. The molecule has 0 aliphatic carbocycles. The van der Waals surface area contributed by atoms with Gasteiger partial charge in [-0.15, -0.1) is 0 Å². The van der Waals surface area contributed by atoms with Crippen LogP contribution in [0.15, 0.2) is 6.33 Å². The quantitative estimate of drug-likeness (QED) is 0.812. The average Bonchev–Trinajstić information content (AvgIpc) is 2.65. The summed E-state index contributed by atoms with van der Waals surface area (Å²) in [7, 11) is 0. The van der Waals surface area contributed by atoms with Crippen LogP contribution in [-0.4, -0.2) is 27.4 Å². The van der Waals surface area contributed by atoms with E-state index < -0.39 is 0 Å². The Balaban J connectivity index is 1.96. The molecular weight excluding hydrogens is 188 g/mol. The predicted octanol–water partition coefficient (Wildman–Crippen LogP) is 1.23. The summed E-state index contributed by atoms with van der Waals surface area (Å²) < 4.78 is 1.99. The first kappa shape index (κ1) is 10.6. The molecule has 0 bridgehead atoms. The number of piperidine rings is 1. The molecule has 1 N–H and O–H groups in total. The third-order valence-corrected chi connectivity index (χ3v) is 3.18. The highest BCUT2D eigenvalue weighted by atomic mass is 15.3. The highest BCUT2D eigenvalue weighted by Crippen LogP contribution is 2.17. The number of nitrogens with one attached hydrogen (secondary N) is 1. The van der Waals surface area contributed by atoms with E-state index >= 15 is 0 Å². The summed E-state index contributed by atoms with van der Waals surface area (Å²) in [5.41, 5.74) is 0. The summed E-state index contributed by atoms with van der Waals surface area (Å²) in [4.78, 5) is 4.32. The number of hydrogen-bond acceptors (Lipinski definition) is 3. The molecule has 4 nitrogen and oxygen atoms in total. The molecule has 1 aromatic rings. The Morgan fingerprint density at radius 2 is 2.47 bits per heavy atom. The van der Waals surface area contributed by atoms with Gasteiger partial charge in [-0.25, -0.2) is 4.98 Å². The molecule has 2 rings (SSSR count). The molecule has 2 atom stereocenters. The number of hydrogen-bond donors (Lipinski definition) is 1. The fraction of sp³-hybridized carbons (Fsp3) is 0.818. The van der Waals surface area contributed by atoms with Crippen LogP contribution in [0.5, 0.6) is 0 Å². The second-order valence-electron chi connectivity index (χ2n) is 4.48. The van der Waals surface area contributed by atoms with Gasteiger partial charge < -0.3 is 5.32 Å². The van der Waals surface area contributed by atoms with Crippen LogP contribution >= 0.6 is 0 Å². The SMILES string of the molecule is CCn1ncnc1CC1CC(C)CCN1. The summed E-state index contributed by atoms with van der Waals surface area (Å²) in [6.45, 7) is 6.50. The highest BCUT2D eigenvalue weighted by Gasteiger charge is 2.20. The second-order valence-corrected chi connectivity index (χ2v) is 4.48. The molecule has 0 amide bonds. The minimum Gasteiger partial charge on any atom is -0.314 e. The Kier molecular flexibility index (Phi) is 3.36. The predicted molar refractivity (Wildman–Crippen MR) is 59.6 cm³/mol. The third kappa shape index (κ3) is 2.56. The number of nitrogens with zero attached hydrogens (tertiary/aromatic N) is 3. The van der Waals surface area contributed by atoms with Crippen LogP contribution in [-0.2, 0) is 13.0 Å². The van der Waals surface area contributed by atoms with Crippen molar-refractivity contribution in [3.63, 3.8) is 0 Å². The van der Waals surface area contributed by atoms with Crippen molar-refractivity contribution in [1.29, 1.82) is 0 Å². The van der Waals surface area contributed by atoms with E-state index in [0.29, 0.717) is 6.04 Å². The lowest BCUT2D eigenvalue weighted by Crippen LogP contribution is -2.39. The van der Waals surface area contributed by atoms with Crippen LogP contribution in [0, 0.1) is 5.92 Å². The maximum absolute atomic E-state index is 4.32. The fourth-order valence-electron chi connectivity index (χ4n) is 2.31. The van der Waals surface area contributed by atoms with E-state index in [9.17, 15) is 0 Å². The number of aromatic nitrogens is 3. The van der Waals surface area contributed by atoms with E-state index in [2.05, 4.69) is 29.2 Å². The first-order chi connectivity index (χ1) is 7.29. The van der Waals surface area contributed by atoms with Gasteiger partial charge in [0.15, 0.2) is 0 Å². The Morgan fingerprint density at radius 1 is 1.60 bits per heavy atom. The summed E-state index contributed by atoms with van der Waals surface area (Å²) >= 11 is 0. The van der Waals surface area contributed by atoms with E-state index in [-0.39, 0.29) is 0 Å². The van der Waals surface area contributed by atoms with Crippen LogP contribution in [0.3, 0.4) is 0 Å². The summed E-state index contributed by atoms with van der Waals surface area (Å²) in [6.07, 6.45) is 5.23. The van der Waals surface area contributed by atoms with Gasteiger partial charge in [-0.05, 0) is 32.2 Å². The van der Waals surface area contributed by atoms with Crippen molar-refractivity contribution in [2.45, 2.75) is 45.7 Å². The van der Waals surface area contributed by atoms with Crippen LogP contribution in [0.4, 0.5) is 0 Å². The van der Waals surface area contributed by atoms with Gasteiger partial charge in [0.1, 0.15) is 12.2 Å². The highest BCUT2D eigenvalue weighted by molar-refractivity contribution is 4.91. The van der Waals surface area contributed by atoms with Crippen LogP contribution in [0.25, 0.3) is 0 Å². The van der Waals surface area contributed by atoms with E-state index in [1.165, 1.54) is 12.8 Å². The van der Waals surface area contributed by atoms with E-state index in [1.54, 1.807) is 6.33 Å².